The van der Waals surface area contributed by atoms with Gasteiger partial charge in [0.05, 0.1) is 37.5 Å². The molecule has 0 aliphatic heterocycles. The first kappa shape index (κ1) is 101. The van der Waals surface area contributed by atoms with Crippen LogP contribution in [0.5, 0.6) is 0 Å². The maximum absolute atomic E-state index is 13.4. The molecule has 0 spiro atoms. The van der Waals surface area contributed by atoms with Crippen LogP contribution in [-0.4, -0.2) is 204 Å². The van der Waals surface area contributed by atoms with Crippen LogP contribution in [0.15, 0.2) is 0 Å². The van der Waals surface area contributed by atoms with Crippen molar-refractivity contribution >= 4 is 48.0 Å². The number of rotatable bonds is 30. The van der Waals surface area contributed by atoms with E-state index in [0.717, 1.165) is 0 Å². The minimum atomic E-state index is -8.95. The average Bonchev–Trinajstić information content (AvgIpc) is 0.702. The third kappa shape index (κ3) is 15.0. The van der Waals surface area contributed by atoms with E-state index in [1.54, 1.807) is 0 Å². The molecule has 0 aromatic rings. The van der Waals surface area contributed by atoms with Crippen LogP contribution in [0, 0.1) is 0 Å². The Bertz CT molecular complexity index is 2930. The molecule has 100 heavy (non-hydrogen) atoms. The average molecular weight is 1720 g/mol. The normalized spacial score (nSPS) is 16.0. The van der Waals surface area contributed by atoms with Gasteiger partial charge in [0.2, 0.25) is 0 Å². The van der Waals surface area contributed by atoms with Gasteiger partial charge < -0.3 is 29.7 Å². The fraction of sp³-hybridized carbons (Fsp3) is 0.900. The number of aliphatic carboxylic acids is 3. The molecule has 0 heterocycles. The molecule has 0 saturated heterocycles. The van der Waals surface area contributed by atoms with E-state index in [2.05, 4.69) is 0 Å². The van der Waals surface area contributed by atoms with Gasteiger partial charge in [-0.15, -0.1) is 0 Å². The van der Waals surface area contributed by atoms with Crippen LogP contribution < -0.4 is 29.5 Å². The smallest absolute Gasteiger partial charge is 0.549 e. The first-order chi connectivity index (χ1) is 41.7. The van der Waals surface area contributed by atoms with Gasteiger partial charge in [0.1, 0.15) is 0 Å². The van der Waals surface area contributed by atoms with Crippen LogP contribution in [0.1, 0.15) is 0 Å². The second-order valence-electron chi connectivity index (χ2n) is 17.0. The number of alkyl halides is 51. The fourth-order valence-electron chi connectivity index (χ4n) is 4.69. The van der Waals surface area contributed by atoms with Gasteiger partial charge in [-0.25, -0.2) is 39.4 Å². The summed E-state index contributed by atoms with van der Waals surface area (Å²) in [6.07, 6.45) is -23.8. The minimum absolute atomic E-state index is 0. The summed E-state index contributed by atoms with van der Waals surface area (Å²) in [5.41, 5.74) is 0. The number of sulfonamides is 3. The Morgan fingerprint density at radius 3 is 0.380 bits per heavy atom. The molecule has 0 aliphatic rings. The van der Waals surface area contributed by atoms with Crippen molar-refractivity contribution in [3.05, 3.63) is 0 Å². The Balaban J connectivity index is -0.000000688. The molecule has 1 radical (unpaired) electrons. The van der Waals surface area contributed by atoms with E-state index in [9.17, 15) is 279 Å². The zero-order chi connectivity index (χ0) is 82.5. The Morgan fingerprint density at radius 1 is 0.200 bits per heavy atom. The predicted octanol–water partition coefficient (Wildman–Crippen LogP) is 7.87. The summed E-state index contributed by atoms with van der Waals surface area (Å²) in [4.78, 5) is 29.7. The molecule has 0 saturated carbocycles. The molecule has 0 aromatic carbocycles. The molecule has 0 aromatic heterocycles. The molecule has 0 fully saturated rings. The number of hydrogen-bond acceptors (Lipinski definition) is 12. The Labute approximate surface area is 518 Å². The van der Waals surface area contributed by atoms with Gasteiger partial charge in [-0.05, 0) is 0 Å². The molecule has 0 aliphatic carbocycles. The van der Waals surface area contributed by atoms with Crippen molar-refractivity contribution in [1.82, 2.24) is 14.2 Å². The molecule has 0 unspecified atom stereocenters. The summed E-state index contributed by atoms with van der Waals surface area (Å²) >= 11 is 0. The van der Waals surface area contributed by atoms with Gasteiger partial charge in [0.25, 0.3) is 30.1 Å². The summed E-state index contributed by atoms with van der Waals surface area (Å²) in [6, 6.07) is 0. The molecule has 0 atom stereocenters. The summed E-state index contributed by atoms with van der Waals surface area (Å²) in [5, 5.41) is 6.32. The number of carbonyl (C=O) groups excluding carboxylic acids is 3. The van der Waals surface area contributed by atoms with E-state index in [4.69, 9.17) is 0 Å². The molecular weight excluding hydrogens is 1710 g/mol. The zero-order valence-electron chi connectivity index (χ0n) is 42.9. The number of carboxylic acid groups (broad SMARTS) is 3. The van der Waals surface area contributed by atoms with Crippen LogP contribution >= 0.6 is 0 Å². The zero-order valence-corrected chi connectivity index (χ0v) is 46.7. The topological polar surface area (TPSA) is 259 Å². The van der Waals surface area contributed by atoms with E-state index in [0.29, 0.717) is 0 Å². The maximum Gasteiger partial charge on any atom is 3.00 e. The van der Waals surface area contributed by atoms with Gasteiger partial charge in [0.15, 0.2) is 0 Å². The third-order valence-electron chi connectivity index (χ3n) is 10.3. The number of nitrogens with one attached hydrogen (secondary N) is 3. The molecule has 0 bridgehead atoms. The standard InChI is InChI=1S/3C10H4F17NO4S.Cr/c3*11-3(12,5(15,16)7(19,20)9(23,24)25)4(13,14)6(17,18)8(21,22)10(26,27)33(31,32)28-1-2(29)30;/h3*28H,1H2,(H,29,30);/q;;;+3/p-3. The minimum Gasteiger partial charge on any atom is -0.549 e. The number of carbonyl (C=O) groups is 3. The van der Waals surface area contributed by atoms with E-state index in [1.165, 1.54) is 0 Å². The predicted molar refractivity (Wildman–Crippen MR) is 188 cm³/mol. The van der Waals surface area contributed by atoms with Crippen LogP contribution in [0.3, 0.4) is 0 Å². The summed E-state index contributed by atoms with van der Waals surface area (Å²) < 4.78 is 725. The first-order valence-electron chi connectivity index (χ1n) is 20.5. The second kappa shape index (κ2) is 27.5. The van der Waals surface area contributed by atoms with Crippen LogP contribution in [-0.2, 0) is 61.8 Å². The Hall–Kier alpha value is -4.90. The molecule has 15 nitrogen and oxygen atoms in total. The summed E-state index contributed by atoms with van der Waals surface area (Å²) in [5.74, 6) is -165. The van der Waals surface area contributed by atoms with Crippen molar-refractivity contribution < 1.29 is 296 Å². The SMILES string of the molecule is O=C([O-])CNS(=O)(=O)C(F)(F)C(F)(F)C(F)(F)C(F)(F)C(F)(F)C(F)(F)C(F)(F)C(F)(F)F.O=C([O-])CNS(=O)(=O)C(F)(F)C(F)(F)C(F)(F)C(F)(F)C(F)(F)C(F)(F)C(F)(F)C(F)(F)F.O=C([O-])CNS(=O)(=O)C(F)(F)C(F)(F)C(F)(F)C(F)(F)C(F)(F)C(F)(F)C(F)(F)C(F)(F)F.[Cr+3]. The van der Waals surface area contributed by atoms with Crippen molar-refractivity contribution in [2.24, 2.45) is 0 Å². The van der Waals surface area contributed by atoms with Gasteiger partial charge in [-0.3, -0.25) is 0 Å². The largest absolute Gasteiger partial charge is 3.00 e. The number of hydrogen-bond donors (Lipinski definition) is 3. The van der Waals surface area contributed by atoms with Crippen LogP contribution in [0.4, 0.5) is 224 Å². The molecule has 0 amide bonds. The molecular formula is C30H9CrF51N3O12S3. The van der Waals surface area contributed by atoms with E-state index in [1.807, 2.05) is 0 Å². The van der Waals surface area contributed by atoms with Gasteiger partial charge in [0, 0.05) is 0 Å². The third-order valence-corrected chi connectivity index (χ3v) is 14.7. The van der Waals surface area contributed by atoms with Crippen molar-refractivity contribution in [2.45, 2.75) is 141 Å². The molecule has 3 N–H and O–H groups in total. The fourth-order valence-corrected chi connectivity index (χ4v) is 7.55. The molecule has 70 heteroatoms. The van der Waals surface area contributed by atoms with Crippen LogP contribution in [0.25, 0.3) is 0 Å². The summed E-state index contributed by atoms with van der Waals surface area (Å²) in [7, 11) is -22.8. The monoisotopic (exact) mass is 1720 g/mol. The van der Waals surface area contributed by atoms with E-state index in [-0.39, 0.29) is 31.5 Å². The number of halogens is 51. The van der Waals surface area contributed by atoms with Gasteiger partial charge in [-0.2, -0.15) is 224 Å². The van der Waals surface area contributed by atoms with Crippen molar-refractivity contribution in [1.29, 1.82) is 0 Å². The van der Waals surface area contributed by atoms with E-state index >= 15 is 0 Å². The van der Waals surface area contributed by atoms with Gasteiger partial charge >= 0.3 is 158 Å². The van der Waals surface area contributed by atoms with Crippen molar-refractivity contribution in [2.75, 3.05) is 19.6 Å². The van der Waals surface area contributed by atoms with Crippen LogP contribution in [0.2, 0.25) is 0 Å². The van der Waals surface area contributed by atoms with Crippen molar-refractivity contribution in [3.63, 3.8) is 0 Å². The number of carboxylic acids is 3. The maximum atomic E-state index is 13.4. The first-order valence-corrected chi connectivity index (χ1v) is 24.9. The molecule has 0 rings (SSSR count). The quantitative estimate of drug-likeness (QED) is 0.0581. The summed E-state index contributed by atoms with van der Waals surface area (Å²) in [6.45, 7) is -7.41. The van der Waals surface area contributed by atoms with Crippen molar-refractivity contribution in [3.8, 4) is 0 Å². The van der Waals surface area contributed by atoms with E-state index < -0.39 is 209 Å². The second-order valence-corrected chi connectivity index (χ2v) is 22.4. The van der Waals surface area contributed by atoms with Gasteiger partial charge in [-0.1, -0.05) is 0 Å². The molecule has 597 valence electrons. The Kier molecular flexibility index (Phi) is 27.9. The Morgan fingerprint density at radius 2 is 0.290 bits per heavy atom.